The van der Waals surface area contributed by atoms with E-state index in [4.69, 9.17) is 16.2 Å². The molecular formula is C13H15N5O2. The van der Waals surface area contributed by atoms with Gasteiger partial charge in [0.25, 0.3) is 5.91 Å². The molecule has 5 N–H and O–H groups in total. The van der Waals surface area contributed by atoms with Crippen molar-refractivity contribution in [2.24, 2.45) is 11.5 Å². The highest BCUT2D eigenvalue weighted by Gasteiger charge is 2.10. The number of anilines is 2. The van der Waals surface area contributed by atoms with Gasteiger partial charge < -0.3 is 21.5 Å². The van der Waals surface area contributed by atoms with Crippen molar-refractivity contribution in [3.8, 4) is 5.75 Å². The summed E-state index contributed by atoms with van der Waals surface area (Å²) in [5, 5.41) is 2.98. The van der Waals surface area contributed by atoms with Gasteiger partial charge in [-0.25, -0.2) is 9.97 Å². The van der Waals surface area contributed by atoms with Crippen molar-refractivity contribution >= 4 is 17.4 Å². The molecule has 2 rings (SSSR count). The Balaban J connectivity index is 2.20. The summed E-state index contributed by atoms with van der Waals surface area (Å²) in [5.74, 6) is 0.331. The van der Waals surface area contributed by atoms with E-state index in [0.717, 1.165) is 0 Å². The number of nitrogens with zero attached hydrogens (tertiary/aromatic N) is 2. The zero-order valence-electron chi connectivity index (χ0n) is 10.7. The average Bonchev–Trinajstić information content (AvgIpc) is 2.46. The normalized spacial score (nSPS) is 10.1. The Morgan fingerprint density at radius 1 is 1.30 bits per heavy atom. The highest BCUT2D eigenvalue weighted by atomic mass is 16.5. The third-order valence-corrected chi connectivity index (χ3v) is 2.41. The summed E-state index contributed by atoms with van der Waals surface area (Å²) in [6.45, 7) is 0.870. The van der Waals surface area contributed by atoms with Gasteiger partial charge >= 0.3 is 0 Å². The van der Waals surface area contributed by atoms with E-state index in [9.17, 15) is 4.79 Å². The van der Waals surface area contributed by atoms with Crippen molar-refractivity contribution in [2.75, 3.05) is 18.5 Å². The molecule has 0 bridgehead atoms. The van der Waals surface area contributed by atoms with E-state index < -0.39 is 5.91 Å². The van der Waals surface area contributed by atoms with Crippen LogP contribution in [0.5, 0.6) is 5.75 Å². The van der Waals surface area contributed by atoms with Crippen LogP contribution in [-0.4, -0.2) is 29.0 Å². The van der Waals surface area contributed by atoms with E-state index >= 15 is 0 Å². The van der Waals surface area contributed by atoms with Gasteiger partial charge in [-0.3, -0.25) is 4.79 Å². The number of carbonyl (C=O) groups is 1. The molecule has 0 radical (unpaired) electrons. The maximum Gasteiger partial charge on any atom is 0.271 e. The van der Waals surface area contributed by atoms with Crippen molar-refractivity contribution in [3.05, 3.63) is 42.4 Å². The number of hydrogen-bond donors (Lipinski definition) is 3. The van der Waals surface area contributed by atoms with Crippen LogP contribution in [0.2, 0.25) is 0 Å². The summed E-state index contributed by atoms with van der Waals surface area (Å²) in [5.41, 5.74) is 11.4. The van der Waals surface area contributed by atoms with Crippen LogP contribution in [-0.2, 0) is 0 Å². The Labute approximate surface area is 116 Å². The van der Waals surface area contributed by atoms with Gasteiger partial charge in [-0.2, -0.15) is 0 Å². The van der Waals surface area contributed by atoms with Crippen molar-refractivity contribution in [2.45, 2.75) is 0 Å². The van der Waals surface area contributed by atoms with E-state index in [1.54, 1.807) is 6.07 Å². The number of aromatic nitrogens is 2. The van der Waals surface area contributed by atoms with Gasteiger partial charge in [0.05, 0.1) is 0 Å². The van der Waals surface area contributed by atoms with Gasteiger partial charge in [0.15, 0.2) is 11.5 Å². The molecular weight excluding hydrogens is 258 g/mol. The predicted octanol–water partition coefficient (Wildman–Crippen LogP) is 0.657. The topological polar surface area (TPSA) is 116 Å². The second-order valence-electron chi connectivity index (χ2n) is 3.91. The maximum atomic E-state index is 11.3. The number of hydrogen-bond acceptors (Lipinski definition) is 6. The minimum absolute atomic E-state index is 0.0841. The monoisotopic (exact) mass is 273 g/mol. The molecule has 2 aromatic rings. The number of nitrogens with two attached hydrogens (primary N) is 2. The summed E-state index contributed by atoms with van der Waals surface area (Å²) in [6.07, 6.45) is 2.88. The van der Waals surface area contributed by atoms with Crippen LogP contribution in [0.1, 0.15) is 10.5 Å². The molecule has 1 amide bonds. The van der Waals surface area contributed by atoms with Crippen LogP contribution in [0.4, 0.5) is 11.5 Å². The lowest BCUT2D eigenvalue weighted by Gasteiger charge is -2.10. The summed E-state index contributed by atoms with van der Waals surface area (Å²) < 4.78 is 5.42. The molecule has 104 valence electrons. The van der Waals surface area contributed by atoms with Gasteiger partial charge in [-0.1, -0.05) is 6.07 Å². The van der Waals surface area contributed by atoms with Gasteiger partial charge in [0, 0.05) is 30.7 Å². The first kappa shape index (κ1) is 13.8. The number of primary amides is 1. The van der Waals surface area contributed by atoms with Crippen molar-refractivity contribution in [3.63, 3.8) is 0 Å². The summed E-state index contributed by atoms with van der Waals surface area (Å²) >= 11 is 0. The lowest BCUT2D eigenvalue weighted by molar-refractivity contribution is 0.0996. The first-order chi connectivity index (χ1) is 9.70. The molecule has 7 heteroatoms. The molecule has 0 atom stereocenters. The zero-order chi connectivity index (χ0) is 14.4. The van der Waals surface area contributed by atoms with Gasteiger partial charge in [0.2, 0.25) is 0 Å². The fraction of sp³-hybridized carbons (Fsp3) is 0.154. The number of carbonyl (C=O) groups excluding carboxylic acids is 1. The summed E-state index contributed by atoms with van der Waals surface area (Å²) in [6, 6.07) is 7.21. The van der Waals surface area contributed by atoms with Crippen molar-refractivity contribution in [1.82, 2.24) is 9.97 Å². The molecule has 0 unspecified atom stereocenters. The van der Waals surface area contributed by atoms with E-state index in [1.807, 2.05) is 18.2 Å². The van der Waals surface area contributed by atoms with Gasteiger partial charge in [-0.15, -0.1) is 0 Å². The van der Waals surface area contributed by atoms with E-state index in [-0.39, 0.29) is 5.69 Å². The maximum absolute atomic E-state index is 11.3. The van der Waals surface area contributed by atoms with Crippen molar-refractivity contribution < 1.29 is 9.53 Å². The molecule has 1 heterocycles. The Bertz CT molecular complexity index is 603. The lowest BCUT2D eigenvalue weighted by atomic mass is 10.3. The van der Waals surface area contributed by atoms with Crippen LogP contribution in [0.15, 0.2) is 36.7 Å². The second-order valence-corrected chi connectivity index (χ2v) is 3.91. The first-order valence-corrected chi connectivity index (χ1v) is 6.01. The van der Waals surface area contributed by atoms with Crippen LogP contribution in [0.25, 0.3) is 0 Å². The zero-order valence-corrected chi connectivity index (χ0v) is 10.7. The fourth-order valence-corrected chi connectivity index (χ4v) is 1.59. The largest absolute Gasteiger partial charge is 0.492 e. The van der Waals surface area contributed by atoms with E-state index in [2.05, 4.69) is 15.3 Å². The lowest BCUT2D eigenvalue weighted by Crippen LogP contribution is -2.16. The van der Waals surface area contributed by atoms with Crippen LogP contribution in [0, 0.1) is 0 Å². The Morgan fingerprint density at radius 2 is 2.10 bits per heavy atom. The minimum atomic E-state index is -0.642. The summed E-state index contributed by atoms with van der Waals surface area (Å²) in [4.78, 5) is 19.2. The number of rotatable bonds is 6. The minimum Gasteiger partial charge on any atom is -0.492 e. The Kier molecular flexibility index (Phi) is 4.46. The number of benzene rings is 1. The molecule has 0 aliphatic heterocycles. The fourth-order valence-electron chi connectivity index (χ4n) is 1.59. The molecule has 1 aromatic heterocycles. The molecule has 0 saturated carbocycles. The predicted molar refractivity (Wildman–Crippen MR) is 74.8 cm³/mol. The SMILES string of the molecule is NCCOc1cccc(Nc2nccnc2C(N)=O)c1. The molecule has 1 aromatic carbocycles. The highest BCUT2D eigenvalue weighted by Crippen LogP contribution is 2.21. The quantitative estimate of drug-likeness (QED) is 0.711. The van der Waals surface area contributed by atoms with Crippen LogP contribution in [0.3, 0.4) is 0 Å². The molecule has 0 spiro atoms. The number of nitrogens with one attached hydrogen (secondary N) is 1. The van der Waals surface area contributed by atoms with Gasteiger partial charge in [0.1, 0.15) is 12.4 Å². The first-order valence-electron chi connectivity index (χ1n) is 6.01. The highest BCUT2D eigenvalue weighted by molar-refractivity contribution is 5.96. The van der Waals surface area contributed by atoms with Crippen LogP contribution < -0.4 is 21.5 Å². The third-order valence-electron chi connectivity index (χ3n) is 2.41. The number of amides is 1. The average molecular weight is 273 g/mol. The third kappa shape index (κ3) is 3.42. The molecule has 20 heavy (non-hydrogen) atoms. The standard InChI is InChI=1S/C13H15N5O2/c14-4-7-20-10-3-1-2-9(8-10)18-13-11(12(15)19)16-5-6-17-13/h1-3,5-6,8H,4,7,14H2,(H2,15,19)(H,17,18). The van der Waals surface area contributed by atoms with E-state index in [0.29, 0.717) is 30.4 Å². The Morgan fingerprint density at radius 3 is 2.85 bits per heavy atom. The molecule has 0 aliphatic rings. The Hall–Kier alpha value is -2.67. The number of ether oxygens (including phenoxy) is 1. The molecule has 0 aliphatic carbocycles. The molecule has 0 fully saturated rings. The van der Waals surface area contributed by atoms with Crippen LogP contribution >= 0.6 is 0 Å². The van der Waals surface area contributed by atoms with E-state index in [1.165, 1.54) is 12.4 Å². The van der Waals surface area contributed by atoms with Crippen molar-refractivity contribution in [1.29, 1.82) is 0 Å². The smallest absolute Gasteiger partial charge is 0.271 e. The summed E-state index contributed by atoms with van der Waals surface area (Å²) in [7, 11) is 0. The second kappa shape index (κ2) is 6.48. The molecule has 7 nitrogen and oxygen atoms in total. The molecule has 0 saturated heterocycles. The van der Waals surface area contributed by atoms with Gasteiger partial charge in [-0.05, 0) is 12.1 Å².